The van der Waals surface area contributed by atoms with Gasteiger partial charge in [-0.3, -0.25) is 0 Å². The molecule has 0 spiro atoms. The number of allylic oxidation sites excluding steroid dienone is 4. The van der Waals surface area contributed by atoms with Crippen LogP contribution in [0.4, 0.5) is 0 Å². The summed E-state index contributed by atoms with van der Waals surface area (Å²) < 4.78 is 4.86. The van der Waals surface area contributed by atoms with E-state index in [4.69, 9.17) is 0 Å². The molecule has 4 aliphatic carbocycles. The van der Waals surface area contributed by atoms with Crippen LogP contribution < -0.4 is 0 Å². The maximum Gasteiger partial charge on any atom is 0.0948 e. The predicted molar refractivity (Wildman–Crippen MR) is 135 cm³/mol. The van der Waals surface area contributed by atoms with Gasteiger partial charge in [0, 0.05) is 35.7 Å². The highest BCUT2D eigenvalue weighted by molar-refractivity contribution is 5.84. The molecular weight excluding hydrogens is 402 g/mol. The van der Waals surface area contributed by atoms with Gasteiger partial charge in [0.2, 0.25) is 0 Å². The van der Waals surface area contributed by atoms with Crippen LogP contribution in [0.5, 0.6) is 0 Å². The van der Waals surface area contributed by atoms with Crippen LogP contribution in [0, 0.1) is 28.6 Å². The van der Waals surface area contributed by atoms with Gasteiger partial charge < -0.3 is 9.13 Å². The Morgan fingerprint density at radius 2 is 1.79 bits per heavy atom. The molecule has 7 rings (SSSR count). The third-order valence-electron chi connectivity index (χ3n) is 10.4. The molecule has 3 aromatic rings. The fourth-order valence-corrected chi connectivity index (χ4v) is 8.59. The molecule has 170 valence electrons. The Kier molecular flexibility index (Phi) is 4.20. The van der Waals surface area contributed by atoms with Gasteiger partial charge in [0.05, 0.1) is 11.8 Å². The summed E-state index contributed by atoms with van der Waals surface area (Å²) >= 11 is 0. The van der Waals surface area contributed by atoms with Crippen molar-refractivity contribution in [2.75, 3.05) is 0 Å². The number of rotatable bonds is 2. The van der Waals surface area contributed by atoms with Gasteiger partial charge in [-0.05, 0) is 85.6 Å². The Hall–Kier alpha value is -2.55. The Bertz CT molecular complexity index is 1260. The van der Waals surface area contributed by atoms with Crippen LogP contribution in [0.2, 0.25) is 0 Å². The van der Waals surface area contributed by atoms with Crippen LogP contribution in [-0.2, 0) is 0 Å². The number of para-hydroxylation sites is 1. The Morgan fingerprint density at radius 1 is 0.909 bits per heavy atom. The van der Waals surface area contributed by atoms with Gasteiger partial charge in [0.25, 0.3) is 0 Å². The lowest BCUT2D eigenvalue weighted by Gasteiger charge is -2.58. The molecule has 1 aromatic carbocycles. The molecule has 2 heterocycles. The number of nitrogens with zero attached hydrogens (tertiary/aromatic N) is 3. The Morgan fingerprint density at radius 3 is 2.67 bits per heavy atom. The standard InChI is InChI=1S/C30H35N3/c1-29-14-11-23(32-18-16-31-20-32)19-22(29)7-8-24-25-9-10-28(30(25,2)15-12-26(24)29)33-17-13-21-5-3-4-6-27(21)33/h3-7,10,13,16-18,20,23-26H,8-9,11-12,14-15,19H2,1-2H3/t23?,24?,25?,26?,29-,30-/m0/s1. The molecule has 2 fully saturated rings. The van der Waals surface area contributed by atoms with Gasteiger partial charge in [0.1, 0.15) is 0 Å². The first kappa shape index (κ1) is 19.9. The zero-order valence-corrected chi connectivity index (χ0v) is 20.0. The summed E-state index contributed by atoms with van der Waals surface area (Å²) in [4.78, 5) is 4.31. The number of benzene rings is 1. The summed E-state index contributed by atoms with van der Waals surface area (Å²) in [6.45, 7) is 5.20. The van der Waals surface area contributed by atoms with Crippen molar-refractivity contribution >= 4 is 16.6 Å². The second-order valence-corrected chi connectivity index (χ2v) is 11.7. The molecule has 0 saturated heterocycles. The van der Waals surface area contributed by atoms with E-state index in [1.807, 2.05) is 12.5 Å². The maximum absolute atomic E-state index is 4.31. The minimum absolute atomic E-state index is 0.290. The topological polar surface area (TPSA) is 22.8 Å². The van der Waals surface area contributed by atoms with E-state index in [9.17, 15) is 0 Å². The predicted octanol–water partition coefficient (Wildman–Crippen LogP) is 7.49. The van der Waals surface area contributed by atoms with E-state index in [0.29, 0.717) is 16.9 Å². The zero-order chi connectivity index (χ0) is 22.2. The molecule has 2 aromatic heterocycles. The van der Waals surface area contributed by atoms with Crippen LogP contribution >= 0.6 is 0 Å². The summed E-state index contributed by atoms with van der Waals surface area (Å²) in [5.74, 6) is 2.43. The molecule has 0 N–H and O–H groups in total. The smallest absolute Gasteiger partial charge is 0.0948 e. The maximum atomic E-state index is 4.31. The fourth-order valence-electron chi connectivity index (χ4n) is 8.59. The van der Waals surface area contributed by atoms with Crippen molar-refractivity contribution in [2.45, 2.75) is 64.8 Å². The van der Waals surface area contributed by atoms with E-state index >= 15 is 0 Å². The molecule has 0 amide bonds. The van der Waals surface area contributed by atoms with Crippen LogP contribution in [0.15, 0.2) is 73.0 Å². The summed E-state index contributed by atoms with van der Waals surface area (Å²) in [7, 11) is 0. The minimum Gasteiger partial charge on any atom is -0.334 e. The van der Waals surface area contributed by atoms with Gasteiger partial charge >= 0.3 is 0 Å². The largest absolute Gasteiger partial charge is 0.334 e. The Balaban J connectivity index is 1.20. The van der Waals surface area contributed by atoms with Gasteiger partial charge in [-0.15, -0.1) is 0 Å². The van der Waals surface area contributed by atoms with Gasteiger partial charge in [-0.25, -0.2) is 4.98 Å². The van der Waals surface area contributed by atoms with Crippen molar-refractivity contribution in [1.29, 1.82) is 0 Å². The first-order valence-corrected chi connectivity index (χ1v) is 13.0. The average molecular weight is 438 g/mol. The highest BCUT2D eigenvalue weighted by atomic mass is 15.1. The molecule has 6 atom stereocenters. The van der Waals surface area contributed by atoms with E-state index < -0.39 is 0 Å². The lowest BCUT2D eigenvalue weighted by atomic mass is 9.47. The highest BCUT2D eigenvalue weighted by Gasteiger charge is 2.57. The van der Waals surface area contributed by atoms with E-state index in [-0.39, 0.29) is 0 Å². The molecule has 33 heavy (non-hydrogen) atoms. The monoisotopic (exact) mass is 437 g/mol. The highest BCUT2D eigenvalue weighted by Crippen LogP contribution is 2.66. The zero-order valence-electron chi connectivity index (χ0n) is 20.0. The van der Waals surface area contributed by atoms with Crippen LogP contribution in [0.25, 0.3) is 16.6 Å². The van der Waals surface area contributed by atoms with Crippen LogP contribution in [-0.4, -0.2) is 14.1 Å². The second-order valence-electron chi connectivity index (χ2n) is 11.7. The first-order chi connectivity index (χ1) is 16.1. The summed E-state index contributed by atoms with van der Waals surface area (Å²) in [6.07, 6.45) is 22.7. The van der Waals surface area contributed by atoms with E-state index in [0.717, 1.165) is 17.8 Å². The van der Waals surface area contributed by atoms with Crippen LogP contribution in [0.3, 0.4) is 0 Å². The van der Waals surface area contributed by atoms with Crippen molar-refractivity contribution in [2.24, 2.45) is 28.6 Å². The number of aromatic nitrogens is 3. The minimum atomic E-state index is 0.290. The van der Waals surface area contributed by atoms with Crippen molar-refractivity contribution in [3.63, 3.8) is 0 Å². The van der Waals surface area contributed by atoms with Crippen molar-refractivity contribution in [3.05, 3.63) is 73.0 Å². The molecule has 0 bridgehead atoms. The number of hydrogen-bond acceptors (Lipinski definition) is 1. The van der Waals surface area contributed by atoms with Crippen LogP contribution in [0.1, 0.15) is 64.8 Å². The second kappa shape index (κ2) is 6.98. The van der Waals surface area contributed by atoms with Gasteiger partial charge in [-0.2, -0.15) is 0 Å². The third-order valence-corrected chi connectivity index (χ3v) is 10.4. The fraction of sp³-hybridized carbons (Fsp3) is 0.500. The summed E-state index contributed by atoms with van der Waals surface area (Å²) in [6, 6.07) is 11.7. The van der Waals surface area contributed by atoms with Crippen molar-refractivity contribution < 1.29 is 0 Å². The molecule has 4 aliphatic rings. The molecule has 3 nitrogen and oxygen atoms in total. The van der Waals surface area contributed by atoms with E-state index in [1.54, 1.807) is 11.3 Å². The molecule has 2 saturated carbocycles. The Labute approximate surface area is 197 Å². The third kappa shape index (κ3) is 2.71. The van der Waals surface area contributed by atoms with Crippen molar-refractivity contribution in [3.8, 4) is 0 Å². The molecule has 4 unspecified atom stereocenters. The number of hydrogen-bond donors (Lipinski definition) is 0. The summed E-state index contributed by atoms with van der Waals surface area (Å²) in [5, 5.41) is 1.35. The summed E-state index contributed by atoms with van der Waals surface area (Å²) in [5.41, 5.74) is 5.36. The quantitative estimate of drug-likeness (QED) is 0.381. The van der Waals surface area contributed by atoms with E-state index in [1.165, 1.54) is 55.8 Å². The van der Waals surface area contributed by atoms with Crippen molar-refractivity contribution in [1.82, 2.24) is 14.1 Å². The van der Waals surface area contributed by atoms with Gasteiger partial charge in [0.15, 0.2) is 0 Å². The average Bonchev–Trinajstić information content (AvgIpc) is 3.57. The SMILES string of the molecule is C[C@]12CCC(n3ccnc3)CC1=CCC1C2CC[C@]2(C)C(n3ccc4ccccc43)=CCC12. The lowest BCUT2D eigenvalue weighted by molar-refractivity contribution is -0.0151. The van der Waals surface area contributed by atoms with Gasteiger partial charge in [-0.1, -0.05) is 49.8 Å². The normalized spacial score (nSPS) is 37.8. The lowest BCUT2D eigenvalue weighted by Crippen LogP contribution is -2.49. The number of imidazole rings is 1. The van der Waals surface area contributed by atoms with E-state index in [2.05, 4.69) is 82.8 Å². The molecular formula is C30H35N3. The first-order valence-electron chi connectivity index (χ1n) is 13.0. The molecule has 0 aliphatic heterocycles. The number of fused-ring (bicyclic) bond motifs is 6. The molecule has 0 radical (unpaired) electrons. The molecule has 3 heteroatoms.